The van der Waals surface area contributed by atoms with Crippen molar-refractivity contribution in [3.8, 4) is 0 Å². The summed E-state index contributed by atoms with van der Waals surface area (Å²) in [6.07, 6.45) is 5.26. The number of nitrogens with one attached hydrogen (secondary N) is 1. The molecule has 1 atom stereocenters. The summed E-state index contributed by atoms with van der Waals surface area (Å²) >= 11 is 0. The molecule has 5 nitrogen and oxygen atoms in total. The molecule has 0 aliphatic heterocycles. The lowest BCUT2D eigenvalue weighted by Crippen LogP contribution is -2.19. The van der Waals surface area contributed by atoms with E-state index in [4.69, 9.17) is 5.11 Å². The zero-order valence-corrected chi connectivity index (χ0v) is 8.47. The van der Waals surface area contributed by atoms with Crippen molar-refractivity contribution < 1.29 is 9.90 Å². The van der Waals surface area contributed by atoms with Crippen molar-refractivity contribution in [2.45, 2.75) is 25.8 Å². The SMILES string of the molecule is CC(Nc1cncc(C(=O)O)n1)C1CC1. The van der Waals surface area contributed by atoms with Crippen molar-refractivity contribution in [3.05, 3.63) is 18.1 Å². The standard InChI is InChI=1S/C10H13N3O2/c1-6(7-2-3-7)12-9-5-11-4-8(13-9)10(14)15/h4-7H,2-3H2,1H3,(H,12,13)(H,14,15). The summed E-state index contributed by atoms with van der Waals surface area (Å²) in [5.74, 6) is 0.180. The minimum atomic E-state index is -1.05. The van der Waals surface area contributed by atoms with Crippen molar-refractivity contribution >= 4 is 11.8 Å². The van der Waals surface area contributed by atoms with Gasteiger partial charge in [-0.1, -0.05) is 0 Å². The lowest BCUT2D eigenvalue weighted by Gasteiger charge is -2.12. The molecule has 1 unspecified atom stereocenters. The molecule has 15 heavy (non-hydrogen) atoms. The zero-order valence-electron chi connectivity index (χ0n) is 8.47. The second kappa shape index (κ2) is 3.84. The van der Waals surface area contributed by atoms with Crippen LogP contribution in [0.5, 0.6) is 0 Å². The van der Waals surface area contributed by atoms with Gasteiger partial charge in [-0.15, -0.1) is 0 Å². The van der Waals surface area contributed by atoms with Gasteiger partial charge in [0.2, 0.25) is 0 Å². The summed E-state index contributed by atoms with van der Waals surface area (Å²) in [5.41, 5.74) is -0.0250. The highest BCUT2D eigenvalue weighted by Crippen LogP contribution is 2.33. The molecule has 2 N–H and O–H groups in total. The quantitative estimate of drug-likeness (QED) is 0.780. The van der Waals surface area contributed by atoms with Crippen LogP contribution in [0, 0.1) is 5.92 Å². The van der Waals surface area contributed by atoms with Crippen LogP contribution in [0.4, 0.5) is 5.82 Å². The van der Waals surface area contributed by atoms with E-state index in [2.05, 4.69) is 22.2 Å². The van der Waals surface area contributed by atoms with Gasteiger partial charge in [0.15, 0.2) is 5.69 Å². The Bertz CT molecular complexity index is 377. The first-order valence-electron chi connectivity index (χ1n) is 4.98. The summed E-state index contributed by atoms with van der Waals surface area (Å²) < 4.78 is 0. The molecule has 0 aromatic carbocycles. The molecule has 0 bridgehead atoms. The van der Waals surface area contributed by atoms with Crippen molar-refractivity contribution in [2.75, 3.05) is 5.32 Å². The van der Waals surface area contributed by atoms with E-state index in [1.165, 1.54) is 19.0 Å². The maximum absolute atomic E-state index is 10.7. The van der Waals surface area contributed by atoms with E-state index in [0.29, 0.717) is 17.8 Å². The third-order valence-corrected chi connectivity index (χ3v) is 2.56. The topological polar surface area (TPSA) is 75.1 Å². The Hall–Kier alpha value is -1.65. The number of carboxylic acids is 1. The lowest BCUT2D eigenvalue weighted by atomic mass is 10.2. The predicted molar refractivity (Wildman–Crippen MR) is 54.8 cm³/mol. The highest BCUT2D eigenvalue weighted by atomic mass is 16.4. The van der Waals surface area contributed by atoms with Crippen LogP contribution < -0.4 is 5.32 Å². The number of carbonyl (C=O) groups is 1. The summed E-state index contributed by atoms with van der Waals surface area (Å²) in [5, 5.41) is 11.9. The maximum Gasteiger partial charge on any atom is 0.356 e. The average Bonchev–Trinajstić information content (AvgIpc) is 3.01. The van der Waals surface area contributed by atoms with Gasteiger partial charge < -0.3 is 10.4 Å². The number of hydrogen-bond donors (Lipinski definition) is 2. The van der Waals surface area contributed by atoms with Crippen LogP contribution in [-0.2, 0) is 0 Å². The molecule has 0 radical (unpaired) electrons. The van der Waals surface area contributed by atoms with Gasteiger partial charge in [0.1, 0.15) is 5.82 Å². The molecule has 0 amide bonds. The summed E-state index contributed by atoms with van der Waals surface area (Å²) in [4.78, 5) is 18.4. The Morgan fingerprint density at radius 2 is 2.33 bits per heavy atom. The van der Waals surface area contributed by atoms with E-state index in [1.54, 1.807) is 6.20 Å². The molecule has 1 aromatic heterocycles. The van der Waals surface area contributed by atoms with Gasteiger partial charge in [-0.05, 0) is 25.7 Å². The van der Waals surface area contributed by atoms with E-state index in [1.807, 2.05) is 0 Å². The molecule has 0 saturated heterocycles. The fraction of sp³-hybridized carbons (Fsp3) is 0.500. The van der Waals surface area contributed by atoms with E-state index in [0.717, 1.165) is 0 Å². The van der Waals surface area contributed by atoms with Crippen LogP contribution in [0.1, 0.15) is 30.3 Å². The van der Waals surface area contributed by atoms with E-state index in [-0.39, 0.29) is 5.69 Å². The van der Waals surface area contributed by atoms with Crippen LogP contribution in [-0.4, -0.2) is 27.1 Å². The number of aromatic nitrogens is 2. The second-order valence-electron chi connectivity index (χ2n) is 3.87. The number of nitrogens with zero attached hydrogens (tertiary/aromatic N) is 2. The van der Waals surface area contributed by atoms with E-state index >= 15 is 0 Å². The van der Waals surface area contributed by atoms with Crippen LogP contribution in [0.15, 0.2) is 12.4 Å². The van der Waals surface area contributed by atoms with Crippen LogP contribution in [0.3, 0.4) is 0 Å². The smallest absolute Gasteiger partial charge is 0.356 e. The highest BCUT2D eigenvalue weighted by Gasteiger charge is 2.28. The Labute approximate surface area is 87.6 Å². The maximum atomic E-state index is 10.7. The number of anilines is 1. The Morgan fingerprint density at radius 3 is 2.93 bits per heavy atom. The van der Waals surface area contributed by atoms with Gasteiger partial charge in [-0.2, -0.15) is 0 Å². The van der Waals surface area contributed by atoms with Gasteiger partial charge in [-0.3, -0.25) is 4.98 Å². The molecule has 1 aliphatic rings. The van der Waals surface area contributed by atoms with Crippen molar-refractivity contribution in [1.29, 1.82) is 0 Å². The fourth-order valence-corrected chi connectivity index (χ4v) is 1.49. The minimum Gasteiger partial charge on any atom is -0.476 e. The first-order valence-corrected chi connectivity index (χ1v) is 4.98. The summed E-state index contributed by atoms with van der Waals surface area (Å²) in [7, 11) is 0. The summed E-state index contributed by atoms with van der Waals surface area (Å²) in [6.45, 7) is 2.08. The molecular weight excluding hydrogens is 194 g/mol. The highest BCUT2D eigenvalue weighted by molar-refractivity contribution is 5.85. The van der Waals surface area contributed by atoms with Crippen molar-refractivity contribution in [2.24, 2.45) is 5.92 Å². The normalized spacial score (nSPS) is 17.1. The number of carboxylic acid groups (broad SMARTS) is 1. The monoisotopic (exact) mass is 207 g/mol. The van der Waals surface area contributed by atoms with Gasteiger partial charge in [0, 0.05) is 6.04 Å². The fourth-order valence-electron chi connectivity index (χ4n) is 1.49. The van der Waals surface area contributed by atoms with E-state index in [9.17, 15) is 4.79 Å². The average molecular weight is 207 g/mol. The predicted octanol–water partition coefficient (Wildman–Crippen LogP) is 1.39. The van der Waals surface area contributed by atoms with Gasteiger partial charge in [-0.25, -0.2) is 9.78 Å². The molecule has 1 fully saturated rings. The van der Waals surface area contributed by atoms with Crippen LogP contribution in [0.25, 0.3) is 0 Å². The van der Waals surface area contributed by atoms with Crippen molar-refractivity contribution in [3.63, 3.8) is 0 Å². The van der Waals surface area contributed by atoms with Gasteiger partial charge in [0.05, 0.1) is 12.4 Å². The third kappa shape index (κ3) is 2.43. The number of rotatable bonds is 4. The Morgan fingerprint density at radius 1 is 1.60 bits per heavy atom. The van der Waals surface area contributed by atoms with Crippen LogP contribution >= 0.6 is 0 Å². The molecule has 80 valence electrons. The van der Waals surface area contributed by atoms with Crippen LogP contribution in [0.2, 0.25) is 0 Å². The zero-order chi connectivity index (χ0) is 10.8. The molecule has 2 rings (SSSR count). The van der Waals surface area contributed by atoms with E-state index < -0.39 is 5.97 Å². The van der Waals surface area contributed by atoms with Gasteiger partial charge >= 0.3 is 5.97 Å². The molecule has 0 spiro atoms. The molecule has 1 aliphatic carbocycles. The lowest BCUT2D eigenvalue weighted by molar-refractivity contribution is 0.0690. The van der Waals surface area contributed by atoms with Gasteiger partial charge in [0.25, 0.3) is 0 Å². The number of hydrogen-bond acceptors (Lipinski definition) is 4. The largest absolute Gasteiger partial charge is 0.476 e. The first kappa shape index (κ1) is 9.89. The van der Waals surface area contributed by atoms with Crippen molar-refractivity contribution in [1.82, 2.24) is 9.97 Å². The molecule has 5 heteroatoms. The molecule has 1 aromatic rings. The summed E-state index contributed by atoms with van der Waals surface area (Å²) in [6, 6.07) is 0.336. The minimum absolute atomic E-state index is 0.0250. The molecular formula is C10H13N3O2. The number of aromatic carboxylic acids is 1. The first-order chi connectivity index (χ1) is 7.16. The third-order valence-electron chi connectivity index (χ3n) is 2.56. The Balaban J connectivity index is 2.07. The second-order valence-corrected chi connectivity index (χ2v) is 3.87. The Kier molecular flexibility index (Phi) is 2.53. The molecule has 1 saturated carbocycles. The molecule has 1 heterocycles.